The van der Waals surface area contributed by atoms with E-state index in [9.17, 15) is 0 Å². The number of nitrogens with zero attached hydrogens (tertiary/aromatic N) is 2. The zero-order chi connectivity index (χ0) is 71.2. The highest BCUT2D eigenvalue weighted by Crippen LogP contribution is 2.42. The minimum absolute atomic E-state index is 0.660. The second-order valence-electron chi connectivity index (χ2n) is 29.9. The normalized spacial score (nSPS) is 11.7. The van der Waals surface area contributed by atoms with Crippen molar-refractivity contribution in [2.45, 2.75) is 427 Å². The lowest BCUT2D eigenvalue weighted by atomic mass is 10.1. The fraction of sp³-hybridized carbons (Fsp3) is 0.783. The van der Waals surface area contributed by atoms with Gasteiger partial charge in [0.15, 0.2) is 23.0 Å². The van der Waals surface area contributed by atoms with E-state index in [1.54, 1.807) is 0 Å². The molecule has 0 aliphatic rings. The minimum atomic E-state index is 0.660. The predicted molar refractivity (Wildman–Crippen MR) is 437 cm³/mol. The van der Waals surface area contributed by atoms with Crippen molar-refractivity contribution in [1.29, 1.82) is 0 Å². The molecule has 574 valence electrons. The van der Waals surface area contributed by atoms with Gasteiger partial charge in [0.1, 0.15) is 0 Å². The number of rotatable bonds is 76. The van der Waals surface area contributed by atoms with Crippen molar-refractivity contribution in [3.63, 3.8) is 0 Å². The Labute approximate surface area is 619 Å². The first-order valence-electron chi connectivity index (χ1n) is 43.9. The number of hydrogen-bond donors (Lipinski definition) is 0. The quantitative estimate of drug-likeness (QED) is 0.0517. The lowest BCUT2D eigenvalue weighted by molar-refractivity contribution is 0.234. The summed E-state index contributed by atoms with van der Waals surface area (Å²) in [5, 5.41) is 9.50. The van der Waals surface area contributed by atoms with Crippen LogP contribution in [0.3, 0.4) is 0 Å². The van der Waals surface area contributed by atoms with Gasteiger partial charge in [-0.15, -0.1) is 0 Å². The van der Waals surface area contributed by atoms with E-state index >= 15 is 0 Å². The summed E-state index contributed by atoms with van der Waals surface area (Å²) >= 11 is 0. The number of ether oxygens (including phenoxy) is 6. The van der Waals surface area contributed by atoms with Gasteiger partial charge in [0.2, 0.25) is 11.5 Å². The van der Waals surface area contributed by atoms with Crippen LogP contribution in [0.1, 0.15) is 449 Å². The van der Waals surface area contributed by atoms with Gasteiger partial charge in [-0.3, -0.25) is 0 Å². The van der Waals surface area contributed by atoms with Crippen molar-refractivity contribution in [1.82, 2.24) is 10.2 Å². The van der Waals surface area contributed by atoms with Crippen LogP contribution < -0.4 is 28.4 Å². The van der Waals surface area contributed by atoms with Crippen LogP contribution in [0.25, 0.3) is 24.3 Å². The van der Waals surface area contributed by atoms with Crippen LogP contribution in [0, 0.1) is 0 Å². The van der Waals surface area contributed by atoms with Crippen LogP contribution in [0.2, 0.25) is 0 Å². The highest BCUT2D eigenvalue weighted by Gasteiger charge is 2.18. The second kappa shape index (κ2) is 69.2. The molecular formula is C92H160N2O6. The maximum absolute atomic E-state index is 6.76. The van der Waals surface area contributed by atoms with Crippen LogP contribution in [-0.2, 0) is 0 Å². The molecule has 8 heteroatoms. The molecule has 0 spiro atoms. The average molecular weight is 1390 g/mol. The lowest BCUT2D eigenvalue weighted by Crippen LogP contribution is -2.07. The molecule has 1 aromatic heterocycles. The van der Waals surface area contributed by atoms with E-state index < -0.39 is 0 Å². The molecule has 2 aromatic carbocycles. The first kappa shape index (κ1) is 90.0. The van der Waals surface area contributed by atoms with Gasteiger partial charge in [0.05, 0.1) is 51.0 Å². The van der Waals surface area contributed by atoms with Gasteiger partial charge in [-0.05, 0) is 98.2 Å². The molecule has 3 aromatic rings. The Bertz CT molecular complexity index is 2040. The molecular weight excluding hydrogens is 1230 g/mol. The van der Waals surface area contributed by atoms with E-state index in [2.05, 4.69) is 102 Å². The summed E-state index contributed by atoms with van der Waals surface area (Å²) in [5.41, 5.74) is 3.57. The summed E-state index contributed by atoms with van der Waals surface area (Å²) in [6, 6.07) is 12.7. The van der Waals surface area contributed by atoms with E-state index in [4.69, 9.17) is 38.6 Å². The highest BCUT2D eigenvalue weighted by molar-refractivity contribution is 5.73. The molecule has 0 aliphatic carbocycles. The Morgan fingerprint density at radius 1 is 0.200 bits per heavy atom. The molecule has 0 aliphatic heterocycles. The van der Waals surface area contributed by atoms with Crippen molar-refractivity contribution < 1.29 is 28.4 Å². The van der Waals surface area contributed by atoms with Crippen molar-refractivity contribution >= 4 is 24.3 Å². The van der Waals surface area contributed by atoms with Gasteiger partial charge >= 0.3 is 0 Å². The fourth-order valence-electron chi connectivity index (χ4n) is 13.6. The van der Waals surface area contributed by atoms with Crippen molar-refractivity contribution in [2.24, 2.45) is 0 Å². The minimum Gasteiger partial charge on any atom is -0.490 e. The molecule has 0 atom stereocenters. The molecule has 0 bridgehead atoms. The summed E-state index contributed by atoms with van der Waals surface area (Å²) in [7, 11) is 0. The SMILES string of the molecule is CCCCCCCCCCCCOc1cc(/C=C/c2ccc(/C=C/c3cc(OCCCCCCCCCCCC)c(OCCCCCCCCCCCC)c(OCCCCCCCCCCCC)c3)nn2)cc(OCCCCCCCCCCCC)c1OCCCCCCCCCCCC. The number of aromatic nitrogens is 2. The number of hydrogen-bond acceptors (Lipinski definition) is 8. The van der Waals surface area contributed by atoms with E-state index in [1.807, 2.05) is 0 Å². The Balaban J connectivity index is 1.88. The van der Waals surface area contributed by atoms with Gasteiger partial charge in [-0.25, -0.2) is 0 Å². The smallest absolute Gasteiger partial charge is 0.203 e. The largest absolute Gasteiger partial charge is 0.490 e. The van der Waals surface area contributed by atoms with Crippen molar-refractivity contribution in [2.75, 3.05) is 39.6 Å². The summed E-state index contributed by atoms with van der Waals surface area (Å²) in [6.07, 6.45) is 85.9. The second-order valence-corrected chi connectivity index (χ2v) is 29.9. The van der Waals surface area contributed by atoms with Gasteiger partial charge in [-0.1, -0.05) is 400 Å². The van der Waals surface area contributed by atoms with Gasteiger partial charge in [-0.2, -0.15) is 10.2 Å². The molecule has 100 heavy (non-hydrogen) atoms. The Kier molecular flexibility index (Phi) is 62.3. The van der Waals surface area contributed by atoms with E-state index in [0.717, 1.165) is 95.5 Å². The van der Waals surface area contributed by atoms with Crippen LogP contribution in [0.5, 0.6) is 34.5 Å². The van der Waals surface area contributed by atoms with Crippen molar-refractivity contribution in [3.8, 4) is 34.5 Å². The summed E-state index contributed by atoms with van der Waals surface area (Å²) in [4.78, 5) is 0. The monoisotopic (exact) mass is 1390 g/mol. The fourth-order valence-corrected chi connectivity index (χ4v) is 13.6. The molecule has 0 saturated heterocycles. The molecule has 0 N–H and O–H groups in total. The van der Waals surface area contributed by atoms with Gasteiger partial charge in [0, 0.05) is 0 Å². The maximum atomic E-state index is 6.76. The van der Waals surface area contributed by atoms with Crippen molar-refractivity contribution in [3.05, 3.63) is 58.9 Å². The Morgan fingerprint density at radius 3 is 0.530 bits per heavy atom. The van der Waals surface area contributed by atoms with Crippen LogP contribution in [0.15, 0.2) is 36.4 Å². The molecule has 0 fully saturated rings. The molecule has 0 amide bonds. The van der Waals surface area contributed by atoms with Gasteiger partial charge in [0.25, 0.3) is 0 Å². The first-order valence-corrected chi connectivity index (χ1v) is 43.9. The molecule has 0 saturated carbocycles. The molecule has 8 nitrogen and oxygen atoms in total. The standard InChI is InChI=1S/C92H160N2O6/c1-7-13-19-25-31-37-43-49-55-61-73-95-87-79-83(80-88(96-74-62-56-50-44-38-32-26-20-14-8-2)91(87)99-77-65-59-53-47-41-35-29-23-17-11-5)67-69-85-71-72-86(94-93-85)70-68-84-81-89(97-75-63-57-51-45-39-33-27-21-15-9-3)92(100-78-66-60-54-48-42-36-30-24-18-12-6)90(82-84)98-76-64-58-52-46-40-34-28-22-16-10-4/h67-72,79-82H,7-66,73-78H2,1-6H3/b69-67+,70-68+. The predicted octanol–water partition coefficient (Wildman–Crippen LogP) is 30.6. The van der Waals surface area contributed by atoms with Crippen LogP contribution in [0.4, 0.5) is 0 Å². The van der Waals surface area contributed by atoms with Gasteiger partial charge < -0.3 is 28.4 Å². The number of unbranched alkanes of at least 4 members (excludes halogenated alkanes) is 54. The zero-order valence-corrected chi connectivity index (χ0v) is 66.8. The maximum Gasteiger partial charge on any atom is 0.203 e. The molecule has 0 radical (unpaired) electrons. The summed E-state index contributed by atoms with van der Waals surface area (Å²) < 4.78 is 40.5. The Hall–Kier alpha value is -4.20. The van der Waals surface area contributed by atoms with Crippen LogP contribution in [-0.4, -0.2) is 49.8 Å². The number of benzene rings is 2. The Morgan fingerprint density at radius 2 is 0.360 bits per heavy atom. The first-order chi connectivity index (χ1) is 49.6. The average Bonchev–Trinajstić information content (AvgIpc) is 0.834. The zero-order valence-electron chi connectivity index (χ0n) is 66.8. The molecule has 3 rings (SSSR count). The van der Waals surface area contributed by atoms with Crippen LogP contribution >= 0.6 is 0 Å². The molecule has 0 unspecified atom stereocenters. The third kappa shape index (κ3) is 51.0. The summed E-state index contributed by atoms with van der Waals surface area (Å²) in [5.74, 6) is 4.64. The summed E-state index contributed by atoms with van der Waals surface area (Å²) in [6.45, 7) is 17.8. The molecule has 1 heterocycles. The van der Waals surface area contributed by atoms with E-state index in [0.29, 0.717) is 39.6 Å². The lowest BCUT2D eigenvalue weighted by Gasteiger charge is -2.18. The third-order valence-corrected chi connectivity index (χ3v) is 20.2. The van der Waals surface area contributed by atoms with E-state index in [1.165, 1.54) is 347 Å². The highest BCUT2D eigenvalue weighted by atomic mass is 16.5. The topological polar surface area (TPSA) is 81.2 Å². The third-order valence-electron chi connectivity index (χ3n) is 20.2. The van der Waals surface area contributed by atoms with E-state index in [-0.39, 0.29) is 0 Å².